The molecule has 2 N–H and O–H groups in total. The molecule has 2 rings (SSSR count). The van der Waals surface area contributed by atoms with Crippen molar-refractivity contribution in [2.24, 2.45) is 0 Å². The molecule has 0 saturated heterocycles. The third-order valence-corrected chi connectivity index (χ3v) is 3.09. The first kappa shape index (κ1) is 17.7. The van der Waals surface area contributed by atoms with Gasteiger partial charge >= 0.3 is 5.97 Å². The van der Waals surface area contributed by atoms with Gasteiger partial charge < -0.3 is 4.74 Å². The zero-order valence-electron chi connectivity index (χ0n) is 13.6. The number of hydrazine groups is 1. The molecule has 1 aromatic heterocycles. The molecule has 2 aromatic rings. The summed E-state index contributed by atoms with van der Waals surface area (Å²) in [4.78, 5) is 27.9. The van der Waals surface area contributed by atoms with Crippen molar-refractivity contribution >= 4 is 29.3 Å². The minimum Gasteiger partial charge on any atom is -0.456 e. The van der Waals surface area contributed by atoms with Crippen LogP contribution in [0.3, 0.4) is 0 Å². The maximum absolute atomic E-state index is 12.0. The average molecular weight is 348 g/mol. The summed E-state index contributed by atoms with van der Waals surface area (Å²) < 4.78 is 5.25. The molecule has 0 unspecified atom stereocenters. The van der Waals surface area contributed by atoms with Crippen molar-refractivity contribution in [3.05, 3.63) is 58.7 Å². The van der Waals surface area contributed by atoms with Gasteiger partial charge in [0.25, 0.3) is 5.91 Å². The van der Waals surface area contributed by atoms with E-state index in [2.05, 4.69) is 15.8 Å². The third kappa shape index (κ3) is 4.96. The molecular weight excluding hydrogens is 330 g/mol. The number of esters is 1. The van der Waals surface area contributed by atoms with Gasteiger partial charge in [-0.25, -0.2) is 9.78 Å². The van der Waals surface area contributed by atoms with Crippen LogP contribution in [-0.4, -0.2) is 22.5 Å². The lowest BCUT2D eigenvalue weighted by molar-refractivity contribution is 0.00690. The van der Waals surface area contributed by atoms with E-state index in [0.29, 0.717) is 5.56 Å². The van der Waals surface area contributed by atoms with Gasteiger partial charge in [-0.1, -0.05) is 29.8 Å². The number of nitrogens with one attached hydrogen (secondary N) is 2. The summed E-state index contributed by atoms with van der Waals surface area (Å²) in [5.74, 6) is -0.616. The Kier molecular flexibility index (Phi) is 5.41. The summed E-state index contributed by atoms with van der Waals surface area (Å²) in [6.07, 6.45) is 1.33. The first-order valence-corrected chi connectivity index (χ1v) is 7.64. The SMILES string of the molecule is CC(C)(C)OC(=O)c1cnc(NNC(=O)c2ccccc2)c(Cl)c1. The van der Waals surface area contributed by atoms with Crippen molar-refractivity contribution in [3.8, 4) is 0 Å². The number of aromatic nitrogens is 1. The van der Waals surface area contributed by atoms with E-state index in [4.69, 9.17) is 16.3 Å². The second kappa shape index (κ2) is 7.31. The molecule has 0 aliphatic carbocycles. The highest BCUT2D eigenvalue weighted by Crippen LogP contribution is 2.21. The van der Waals surface area contributed by atoms with Crippen LogP contribution in [0.5, 0.6) is 0 Å². The standard InChI is InChI=1S/C17H18ClN3O3/c1-17(2,3)24-16(23)12-9-13(18)14(19-10-12)20-21-15(22)11-7-5-4-6-8-11/h4-10H,1-3H3,(H,19,20)(H,21,22). The molecule has 0 radical (unpaired) electrons. The molecule has 0 aliphatic rings. The van der Waals surface area contributed by atoms with Crippen molar-refractivity contribution in [2.45, 2.75) is 26.4 Å². The van der Waals surface area contributed by atoms with Crippen molar-refractivity contribution in [3.63, 3.8) is 0 Å². The number of halogens is 1. The summed E-state index contributed by atoms with van der Waals surface area (Å²) in [6.45, 7) is 5.32. The number of amides is 1. The van der Waals surface area contributed by atoms with Crippen LogP contribution in [0, 0.1) is 0 Å². The molecular formula is C17H18ClN3O3. The van der Waals surface area contributed by atoms with E-state index in [9.17, 15) is 9.59 Å². The van der Waals surface area contributed by atoms with Crippen LogP contribution in [0.25, 0.3) is 0 Å². The smallest absolute Gasteiger partial charge is 0.340 e. The summed E-state index contributed by atoms with van der Waals surface area (Å²) in [5, 5.41) is 0.187. The van der Waals surface area contributed by atoms with E-state index >= 15 is 0 Å². The van der Waals surface area contributed by atoms with Gasteiger partial charge in [0.15, 0.2) is 5.82 Å². The first-order valence-electron chi connectivity index (χ1n) is 7.26. The van der Waals surface area contributed by atoms with Gasteiger partial charge in [0, 0.05) is 11.8 Å². The molecule has 0 fully saturated rings. The predicted molar refractivity (Wildman–Crippen MR) is 91.9 cm³/mol. The number of hydrogen-bond donors (Lipinski definition) is 2. The number of anilines is 1. The maximum atomic E-state index is 12.0. The van der Waals surface area contributed by atoms with Crippen molar-refractivity contribution < 1.29 is 14.3 Å². The molecule has 0 atom stereocenters. The fraction of sp³-hybridized carbons (Fsp3) is 0.235. The Bertz CT molecular complexity index is 742. The lowest BCUT2D eigenvalue weighted by atomic mass is 10.2. The highest BCUT2D eigenvalue weighted by atomic mass is 35.5. The molecule has 0 spiro atoms. The Morgan fingerprint density at radius 1 is 1.12 bits per heavy atom. The van der Waals surface area contributed by atoms with Crippen LogP contribution < -0.4 is 10.9 Å². The Hall–Kier alpha value is -2.60. The molecule has 7 heteroatoms. The van der Waals surface area contributed by atoms with Gasteiger partial charge in [0.2, 0.25) is 0 Å². The Morgan fingerprint density at radius 2 is 1.79 bits per heavy atom. The van der Waals surface area contributed by atoms with Gasteiger partial charge in [-0.15, -0.1) is 0 Å². The van der Waals surface area contributed by atoms with Crippen molar-refractivity contribution in [2.75, 3.05) is 5.43 Å². The summed E-state index contributed by atoms with van der Waals surface area (Å²) in [5.41, 5.74) is 5.24. The monoisotopic (exact) mass is 347 g/mol. The molecule has 1 heterocycles. The molecule has 24 heavy (non-hydrogen) atoms. The highest BCUT2D eigenvalue weighted by molar-refractivity contribution is 6.33. The Labute approximate surface area is 145 Å². The van der Waals surface area contributed by atoms with Crippen LogP contribution in [0.4, 0.5) is 5.82 Å². The van der Waals surface area contributed by atoms with Gasteiger partial charge in [-0.05, 0) is 39.0 Å². The average Bonchev–Trinajstić information content (AvgIpc) is 2.52. The van der Waals surface area contributed by atoms with E-state index in [1.807, 2.05) is 6.07 Å². The zero-order valence-corrected chi connectivity index (χ0v) is 14.3. The predicted octanol–water partition coefficient (Wildman–Crippen LogP) is 3.45. The van der Waals surface area contributed by atoms with Crippen LogP contribution in [0.15, 0.2) is 42.6 Å². The van der Waals surface area contributed by atoms with Gasteiger partial charge in [0.1, 0.15) is 5.60 Å². The van der Waals surface area contributed by atoms with Crippen molar-refractivity contribution in [1.29, 1.82) is 0 Å². The van der Waals surface area contributed by atoms with Gasteiger partial charge in [-0.3, -0.25) is 15.6 Å². The topological polar surface area (TPSA) is 80.3 Å². The van der Waals surface area contributed by atoms with Gasteiger partial charge in [0.05, 0.1) is 10.6 Å². The number of rotatable bonds is 4. The Morgan fingerprint density at radius 3 is 2.38 bits per heavy atom. The molecule has 1 aromatic carbocycles. The highest BCUT2D eigenvalue weighted by Gasteiger charge is 2.19. The normalized spacial score (nSPS) is 10.8. The minimum atomic E-state index is -0.607. The Balaban J connectivity index is 2.02. The molecule has 0 saturated carbocycles. The van der Waals surface area contributed by atoms with E-state index < -0.39 is 11.6 Å². The number of pyridine rings is 1. The fourth-order valence-corrected chi connectivity index (χ4v) is 1.97. The number of benzene rings is 1. The van der Waals surface area contributed by atoms with E-state index in [1.54, 1.807) is 45.0 Å². The van der Waals surface area contributed by atoms with Crippen molar-refractivity contribution in [1.82, 2.24) is 10.4 Å². The lowest BCUT2D eigenvalue weighted by Gasteiger charge is -2.19. The largest absolute Gasteiger partial charge is 0.456 e. The molecule has 0 bridgehead atoms. The quantitative estimate of drug-likeness (QED) is 0.654. The number of carbonyl (C=O) groups is 2. The van der Waals surface area contributed by atoms with Crippen LogP contribution >= 0.6 is 11.6 Å². The lowest BCUT2D eigenvalue weighted by Crippen LogP contribution is -2.30. The second-order valence-corrected chi connectivity index (χ2v) is 6.41. The number of ether oxygens (including phenoxy) is 1. The van der Waals surface area contributed by atoms with E-state index in [-0.39, 0.29) is 22.3 Å². The van der Waals surface area contributed by atoms with E-state index in [0.717, 1.165) is 0 Å². The van der Waals surface area contributed by atoms with Crippen LogP contribution in [0.1, 0.15) is 41.5 Å². The number of carbonyl (C=O) groups excluding carboxylic acids is 2. The molecule has 6 nitrogen and oxygen atoms in total. The second-order valence-electron chi connectivity index (χ2n) is 6.00. The third-order valence-electron chi connectivity index (χ3n) is 2.81. The van der Waals surface area contributed by atoms with Crippen LogP contribution in [-0.2, 0) is 4.74 Å². The molecule has 126 valence electrons. The fourth-order valence-electron chi connectivity index (χ4n) is 1.76. The zero-order chi connectivity index (χ0) is 17.7. The number of hydrogen-bond acceptors (Lipinski definition) is 5. The first-order chi connectivity index (χ1) is 11.3. The summed E-state index contributed by atoms with van der Waals surface area (Å²) in [6, 6.07) is 10.1. The molecule has 0 aliphatic heterocycles. The minimum absolute atomic E-state index is 0.187. The summed E-state index contributed by atoms with van der Waals surface area (Å²) in [7, 11) is 0. The number of nitrogens with zero attached hydrogens (tertiary/aromatic N) is 1. The van der Waals surface area contributed by atoms with E-state index in [1.165, 1.54) is 12.3 Å². The maximum Gasteiger partial charge on any atom is 0.340 e. The van der Waals surface area contributed by atoms with Gasteiger partial charge in [-0.2, -0.15) is 0 Å². The summed E-state index contributed by atoms with van der Waals surface area (Å²) >= 11 is 6.09. The molecule has 1 amide bonds. The van der Waals surface area contributed by atoms with Crippen LogP contribution in [0.2, 0.25) is 5.02 Å².